The highest BCUT2D eigenvalue weighted by Gasteiger charge is 2.22. The number of carbonyl (C=O) groups is 1. The summed E-state index contributed by atoms with van der Waals surface area (Å²) in [6.45, 7) is 3.54. The van der Waals surface area contributed by atoms with Gasteiger partial charge >= 0.3 is 5.97 Å². The summed E-state index contributed by atoms with van der Waals surface area (Å²) in [5.74, 6) is -1.15. The third kappa shape index (κ3) is 3.85. The molecule has 2 aromatic carbocycles. The highest BCUT2D eigenvalue weighted by molar-refractivity contribution is 6.30. The number of hydrogen-bond acceptors (Lipinski definition) is 5. The highest BCUT2D eigenvalue weighted by atomic mass is 35.5. The quantitative estimate of drug-likeness (QED) is 0.628. The summed E-state index contributed by atoms with van der Waals surface area (Å²) >= 11 is 5.67. The molecular formula is C18H14ClFN2O3. The van der Waals surface area contributed by atoms with Gasteiger partial charge in [0.15, 0.2) is 6.10 Å². The van der Waals surface area contributed by atoms with Gasteiger partial charge in [-0.25, -0.2) is 9.18 Å². The Morgan fingerprint density at radius 3 is 2.60 bits per heavy atom. The molecule has 7 heteroatoms. The van der Waals surface area contributed by atoms with E-state index in [9.17, 15) is 9.18 Å². The molecule has 0 N–H and O–H groups in total. The zero-order valence-corrected chi connectivity index (χ0v) is 14.2. The van der Waals surface area contributed by atoms with Gasteiger partial charge in [0.2, 0.25) is 5.89 Å². The average Bonchev–Trinajstić information content (AvgIpc) is 3.05. The van der Waals surface area contributed by atoms with Crippen molar-refractivity contribution in [2.24, 2.45) is 0 Å². The fourth-order valence-corrected chi connectivity index (χ4v) is 2.30. The van der Waals surface area contributed by atoms with Gasteiger partial charge in [0.1, 0.15) is 5.82 Å². The van der Waals surface area contributed by atoms with Gasteiger partial charge in [0, 0.05) is 10.6 Å². The first kappa shape index (κ1) is 17.1. The molecule has 0 radical (unpaired) electrons. The molecule has 0 aliphatic heterocycles. The van der Waals surface area contributed by atoms with Crippen molar-refractivity contribution in [3.8, 4) is 11.5 Å². The SMILES string of the molecule is Cc1ccc(-c2nnc([C@H](C)OC(=O)c3ccc(Cl)cc3F)o2)cc1. The molecule has 0 aliphatic carbocycles. The molecule has 128 valence electrons. The first-order chi connectivity index (χ1) is 11.9. The van der Waals surface area contributed by atoms with Crippen LogP contribution in [0.3, 0.4) is 0 Å². The van der Waals surface area contributed by atoms with Gasteiger partial charge in [-0.15, -0.1) is 10.2 Å². The molecule has 3 rings (SSSR count). The Bertz CT molecular complexity index is 909. The van der Waals surface area contributed by atoms with E-state index in [1.54, 1.807) is 6.92 Å². The minimum Gasteiger partial charge on any atom is -0.449 e. The van der Waals surface area contributed by atoms with Gasteiger partial charge in [-0.1, -0.05) is 29.3 Å². The number of esters is 1. The second kappa shape index (κ2) is 7.03. The lowest BCUT2D eigenvalue weighted by molar-refractivity contribution is 0.0274. The summed E-state index contributed by atoms with van der Waals surface area (Å²) < 4.78 is 24.5. The first-order valence-electron chi connectivity index (χ1n) is 7.50. The molecule has 0 bridgehead atoms. The Hall–Kier alpha value is -2.73. The van der Waals surface area contributed by atoms with Crippen molar-refractivity contribution in [1.82, 2.24) is 10.2 Å². The number of carbonyl (C=O) groups excluding carboxylic acids is 1. The minimum atomic E-state index is -0.836. The van der Waals surface area contributed by atoms with Crippen LogP contribution in [0.15, 0.2) is 46.9 Å². The molecule has 0 amide bonds. The van der Waals surface area contributed by atoms with Crippen LogP contribution in [0.5, 0.6) is 0 Å². The number of nitrogens with zero attached hydrogens (tertiary/aromatic N) is 2. The van der Waals surface area contributed by atoms with Crippen LogP contribution in [0.2, 0.25) is 5.02 Å². The lowest BCUT2D eigenvalue weighted by Crippen LogP contribution is -2.11. The zero-order chi connectivity index (χ0) is 18.0. The standard InChI is InChI=1S/C18H14ClFN2O3/c1-10-3-5-12(6-4-10)17-22-21-16(25-17)11(2)24-18(23)14-8-7-13(19)9-15(14)20/h3-9,11H,1-2H3/t11-/m0/s1. The molecule has 3 aromatic rings. The summed E-state index contributed by atoms with van der Waals surface area (Å²) in [5.41, 5.74) is 1.65. The van der Waals surface area contributed by atoms with E-state index in [0.717, 1.165) is 17.2 Å². The van der Waals surface area contributed by atoms with Crippen molar-refractivity contribution >= 4 is 17.6 Å². The maximum absolute atomic E-state index is 13.8. The summed E-state index contributed by atoms with van der Waals surface area (Å²) in [7, 11) is 0. The minimum absolute atomic E-state index is 0.123. The number of hydrogen-bond donors (Lipinski definition) is 0. The van der Waals surface area contributed by atoms with Crippen LogP contribution >= 0.6 is 11.6 Å². The summed E-state index contributed by atoms with van der Waals surface area (Å²) in [5, 5.41) is 8.03. The van der Waals surface area contributed by atoms with Crippen molar-refractivity contribution in [3.05, 3.63) is 70.3 Å². The van der Waals surface area contributed by atoms with Crippen LogP contribution in [0.4, 0.5) is 4.39 Å². The van der Waals surface area contributed by atoms with Crippen molar-refractivity contribution < 1.29 is 18.3 Å². The van der Waals surface area contributed by atoms with E-state index in [1.807, 2.05) is 31.2 Å². The number of rotatable bonds is 4. The van der Waals surface area contributed by atoms with Crippen molar-refractivity contribution in [2.45, 2.75) is 20.0 Å². The van der Waals surface area contributed by atoms with Crippen LogP contribution in [-0.2, 0) is 4.74 Å². The van der Waals surface area contributed by atoms with E-state index in [0.29, 0.717) is 5.89 Å². The van der Waals surface area contributed by atoms with Gasteiger partial charge in [-0.2, -0.15) is 0 Å². The second-order valence-electron chi connectivity index (χ2n) is 5.48. The summed E-state index contributed by atoms with van der Waals surface area (Å²) in [4.78, 5) is 12.1. The number of benzene rings is 2. The van der Waals surface area contributed by atoms with Crippen LogP contribution in [-0.4, -0.2) is 16.2 Å². The molecule has 5 nitrogen and oxygen atoms in total. The third-order valence-corrected chi connectivity index (χ3v) is 3.76. The molecule has 0 fully saturated rings. The van der Waals surface area contributed by atoms with Crippen molar-refractivity contribution in [3.63, 3.8) is 0 Å². The molecule has 1 atom stereocenters. The lowest BCUT2D eigenvalue weighted by atomic mass is 10.1. The fourth-order valence-electron chi connectivity index (χ4n) is 2.14. The largest absolute Gasteiger partial charge is 0.449 e. The van der Waals surface area contributed by atoms with Crippen molar-refractivity contribution in [1.29, 1.82) is 0 Å². The third-order valence-electron chi connectivity index (χ3n) is 3.52. The Balaban J connectivity index is 1.74. The van der Waals surface area contributed by atoms with E-state index < -0.39 is 17.9 Å². The Morgan fingerprint density at radius 1 is 1.20 bits per heavy atom. The molecule has 25 heavy (non-hydrogen) atoms. The fraction of sp³-hybridized carbons (Fsp3) is 0.167. The lowest BCUT2D eigenvalue weighted by Gasteiger charge is -2.10. The smallest absolute Gasteiger partial charge is 0.341 e. The Morgan fingerprint density at radius 2 is 1.92 bits per heavy atom. The Kier molecular flexibility index (Phi) is 4.81. The van der Waals surface area contributed by atoms with Crippen LogP contribution in [0.25, 0.3) is 11.5 Å². The van der Waals surface area contributed by atoms with E-state index in [1.165, 1.54) is 12.1 Å². The van der Waals surface area contributed by atoms with Gasteiger partial charge in [0.05, 0.1) is 5.56 Å². The first-order valence-corrected chi connectivity index (χ1v) is 7.88. The van der Waals surface area contributed by atoms with Gasteiger partial charge in [-0.05, 0) is 44.2 Å². The van der Waals surface area contributed by atoms with Crippen LogP contribution < -0.4 is 0 Å². The van der Waals surface area contributed by atoms with Gasteiger partial charge in [-0.3, -0.25) is 0 Å². The number of ether oxygens (including phenoxy) is 1. The zero-order valence-electron chi connectivity index (χ0n) is 13.5. The van der Waals surface area contributed by atoms with Gasteiger partial charge in [0.25, 0.3) is 5.89 Å². The summed E-state index contributed by atoms with van der Waals surface area (Å²) in [6.07, 6.45) is -0.825. The second-order valence-corrected chi connectivity index (χ2v) is 5.92. The molecule has 0 spiro atoms. The molecule has 0 saturated heterocycles. The number of aromatic nitrogens is 2. The monoisotopic (exact) mass is 360 g/mol. The predicted octanol–water partition coefficient (Wildman–Crippen LogP) is 4.76. The molecule has 1 heterocycles. The molecule has 0 saturated carbocycles. The normalized spacial score (nSPS) is 12.0. The van der Waals surface area contributed by atoms with E-state index >= 15 is 0 Å². The van der Waals surface area contributed by atoms with E-state index in [4.69, 9.17) is 20.8 Å². The number of halogens is 2. The average molecular weight is 361 g/mol. The summed E-state index contributed by atoms with van der Waals surface area (Å²) in [6, 6.07) is 11.3. The molecule has 1 aromatic heterocycles. The van der Waals surface area contributed by atoms with E-state index in [-0.39, 0.29) is 16.5 Å². The predicted molar refractivity (Wildman–Crippen MR) is 89.7 cm³/mol. The number of aryl methyl sites for hydroxylation is 1. The Labute approximate surface area is 148 Å². The molecule has 0 unspecified atom stereocenters. The van der Waals surface area contributed by atoms with Crippen LogP contribution in [0.1, 0.15) is 34.8 Å². The van der Waals surface area contributed by atoms with E-state index in [2.05, 4.69) is 10.2 Å². The van der Waals surface area contributed by atoms with Crippen molar-refractivity contribution in [2.75, 3.05) is 0 Å². The molecular weight excluding hydrogens is 347 g/mol. The van der Waals surface area contributed by atoms with Gasteiger partial charge < -0.3 is 9.15 Å². The maximum Gasteiger partial charge on any atom is 0.341 e. The topological polar surface area (TPSA) is 65.2 Å². The highest BCUT2D eigenvalue weighted by Crippen LogP contribution is 2.24. The van der Waals surface area contributed by atoms with Crippen LogP contribution in [0, 0.1) is 12.7 Å². The molecule has 0 aliphatic rings. The maximum atomic E-state index is 13.8.